The molecule has 2 rings (SSSR count). The lowest BCUT2D eigenvalue weighted by molar-refractivity contribution is -0.127. The molecule has 0 bridgehead atoms. The summed E-state index contributed by atoms with van der Waals surface area (Å²) in [7, 11) is 1.60. The standard InChI is InChI=1S/C21H23ClN2O3/c1-14(17-7-9-18(22)10-8-17)24-21(26)15(2)23-20(25)13-6-16-4-11-19(27-3)12-5-16/h4-15H,1-3H3,(H,23,25)(H,24,26)/b13-6+. The Hall–Kier alpha value is -2.79. The number of methoxy groups -OCH3 is 1. The predicted octanol–water partition coefficient (Wildman–Crippen LogP) is 3.74. The van der Waals surface area contributed by atoms with Gasteiger partial charge in [0.2, 0.25) is 11.8 Å². The van der Waals surface area contributed by atoms with Crippen LogP contribution in [0.15, 0.2) is 54.6 Å². The molecule has 2 amide bonds. The van der Waals surface area contributed by atoms with Crippen LogP contribution in [-0.4, -0.2) is 25.0 Å². The molecule has 0 saturated heterocycles. The van der Waals surface area contributed by atoms with Gasteiger partial charge in [-0.2, -0.15) is 0 Å². The van der Waals surface area contributed by atoms with E-state index in [1.54, 1.807) is 32.2 Å². The summed E-state index contributed by atoms with van der Waals surface area (Å²) in [6.07, 6.45) is 3.07. The highest BCUT2D eigenvalue weighted by Gasteiger charge is 2.17. The average molecular weight is 387 g/mol. The molecule has 0 aliphatic heterocycles. The molecule has 5 nitrogen and oxygen atoms in total. The molecule has 0 heterocycles. The number of rotatable bonds is 7. The first kappa shape index (κ1) is 20.5. The van der Waals surface area contributed by atoms with Gasteiger partial charge in [0.1, 0.15) is 11.8 Å². The van der Waals surface area contributed by atoms with Gasteiger partial charge in [0, 0.05) is 11.1 Å². The van der Waals surface area contributed by atoms with E-state index in [0.29, 0.717) is 5.02 Å². The van der Waals surface area contributed by atoms with Gasteiger partial charge >= 0.3 is 0 Å². The summed E-state index contributed by atoms with van der Waals surface area (Å²) < 4.78 is 5.09. The van der Waals surface area contributed by atoms with Crippen molar-refractivity contribution in [3.8, 4) is 5.75 Å². The smallest absolute Gasteiger partial charge is 0.244 e. The molecule has 0 saturated carbocycles. The molecule has 0 fully saturated rings. The van der Waals surface area contributed by atoms with Crippen molar-refractivity contribution in [2.75, 3.05) is 7.11 Å². The second kappa shape index (κ2) is 9.78. The summed E-state index contributed by atoms with van der Waals surface area (Å²) >= 11 is 5.87. The maximum Gasteiger partial charge on any atom is 0.244 e. The minimum absolute atomic E-state index is 0.191. The first-order valence-electron chi connectivity index (χ1n) is 8.57. The first-order chi connectivity index (χ1) is 12.9. The molecule has 6 heteroatoms. The zero-order valence-electron chi connectivity index (χ0n) is 15.5. The highest BCUT2D eigenvalue weighted by Crippen LogP contribution is 2.16. The summed E-state index contributed by atoms with van der Waals surface area (Å²) in [4.78, 5) is 24.3. The summed E-state index contributed by atoms with van der Waals surface area (Å²) in [5.41, 5.74) is 1.80. The Kier molecular flexibility index (Phi) is 7.44. The van der Waals surface area contributed by atoms with Gasteiger partial charge in [0.15, 0.2) is 0 Å². The van der Waals surface area contributed by atoms with Crippen LogP contribution in [0.1, 0.15) is 31.0 Å². The molecule has 27 heavy (non-hydrogen) atoms. The normalized spacial score (nSPS) is 13.0. The maximum atomic E-state index is 12.3. The first-order valence-corrected chi connectivity index (χ1v) is 8.95. The van der Waals surface area contributed by atoms with Gasteiger partial charge in [0.25, 0.3) is 0 Å². The molecule has 0 spiro atoms. The molecule has 0 aromatic heterocycles. The van der Waals surface area contributed by atoms with Crippen molar-refractivity contribution < 1.29 is 14.3 Å². The Morgan fingerprint density at radius 1 is 1.00 bits per heavy atom. The van der Waals surface area contributed by atoms with Gasteiger partial charge in [-0.1, -0.05) is 35.9 Å². The Labute approximate surface area is 164 Å². The van der Waals surface area contributed by atoms with Crippen molar-refractivity contribution in [2.24, 2.45) is 0 Å². The van der Waals surface area contributed by atoms with Crippen molar-refractivity contribution in [3.05, 3.63) is 70.8 Å². The van der Waals surface area contributed by atoms with Crippen molar-refractivity contribution in [1.29, 1.82) is 0 Å². The van der Waals surface area contributed by atoms with Crippen LogP contribution < -0.4 is 15.4 Å². The van der Waals surface area contributed by atoms with Crippen LogP contribution in [-0.2, 0) is 9.59 Å². The maximum absolute atomic E-state index is 12.3. The van der Waals surface area contributed by atoms with Gasteiger partial charge in [-0.15, -0.1) is 0 Å². The number of hydrogen-bond donors (Lipinski definition) is 2. The van der Waals surface area contributed by atoms with Gasteiger partial charge in [-0.3, -0.25) is 9.59 Å². The summed E-state index contributed by atoms with van der Waals surface area (Å²) in [5.74, 6) is 0.146. The fraction of sp³-hybridized carbons (Fsp3) is 0.238. The molecule has 2 unspecified atom stereocenters. The summed E-state index contributed by atoms with van der Waals surface area (Å²) in [6.45, 7) is 3.52. The summed E-state index contributed by atoms with van der Waals surface area (Å²) in [6, 6.07) is 13.7. The molecular weight excluding hydrogens is 364 g/mol. The zero-order valence-corrected chi connectivity index (χ0v) is 16.3. The largest absolute Gasteiger partial charge is 0.497 e. The van der Waals surface area contributed by atoms with Crippen molar-refractivity contribution in [1.82, 2.24) is 10.6 Å². The number of ether oxygens (including phenoxy) is 1. The number of carbonyl (C=O) groups is 2. The van der Waals surface area contributed by atoms with Crippen molar-refractivity contribution >= 4 is 29.5 Å². The molecular formula is C21H23ClN2O3. The minimum Gasteiger partial charge on any atom is -0.497 e. The molecule has 2 aromatic carbocycles. The lowest BCUT2D eigenvalue weighted by Crippen LogP contribution is -2.45. The lowest BCUT2D eigenvalue weighted by Gasteiger charge is -2.18. The SMILES string of the molecule is COc1ccc(/C=C/C(=O)NC(C)C(=O)NC(C)c2ccc(Cl)cc2)cc1. The third-order valence-corrected chi connectivity index (χ3v) is 4.28. The van der Waals surface area contributed by atoms with E-state index < -0.39 is 6.04 Å². The van der Waals surface area contributed by atoms with E-state index >= 15 is 0 Å². The minimum atomic E-state index is -0.659. The predicted molar refractivity (Wildman–Crippen MR) is 108 cm³/mol. The average Bonchev–Trinajstić information content (AvgIpc) is 2.67. The van der Waals surface area contributed by atoms with Gasteiger partial charge < -0.3 is 15.4 Å². The third kappa shape index (κ3) is 6.46. The number of benzene rings is 2. The van der Waals surface area contributed by atoms with Crippen molar-refractivity contribution in [2.45, 2.75) is 25.9 Å². The van der Waals surface area contributed by atoms with Crippen LogP contribution in [0.25, 0.3) is 6.08 Å². The number of hydrogen-bond acceptors (Lipinski definition) is 3. The molecule has 2 atom stereocenters. The number of nitrogens with one attached hydrogen (secondary N) is 2. The Morgan fingerprint density at radius 3 is 2.22 bits per heavy atom. The number of halogens is 1. The second-order valence-electron chi connectivity index (χ2n) is 6.12. The molecule has 142 valence electrons. The molecule has 2 aromatic rings. The van der Waals surface area contributed by atoms with Gasteiger partial charge in [0.05, 0.1) is 13.2 Å². The Bertz CT molecular complexity index is 801. The van der Waals surface area contributed by atoms with E-state index in [4.69, 9.17) is 16.3 Å². The highest BCUT2D eigenvalue weighted by molar-refractivity contribution is 6.30. The van der Waals surface area contributed by atoms with Crippen LogP contribution in [0.5, 0.6) is 5.75 Å². The third-order valence-electron chi connectivity index (χ3n) is 4.02. The quantitative estimate of drug-likeness (QED) is 0.712. The lowest BCUT2D eigenvalue weighted by atomic mass is 10.1. The fourth-order valence-corrected chi connectivity index (χ4v) is 2.51. The van der Waals surface area contributed by atoms with Crippen LogP contribution in [0.3, 0.4) is 0 Å². The fourth-order valence-electron chi connectivity index (χ4n) is 2.39. The number of carbonyl (C=O) groups excluding carboxylic acids is 2. The van der Waals surface area contributed by atoms with E-state index in [9.17, 15) is 9.59 Å². The van der Waals surface area contributed by atoms with E-state index in [1.807, 2.05) is 43.3 Å². The molecule has 2 N–H and O–H groups in total. The van der Waals surface area contributed by atoms with Crippen LogP contribution in [0, 0.1) is 0 Å². The van der Waals surface area contributed by atoms with Gasteiger partial charge in [-0.25, -0.2) is 0 Å². The highest BCUT2D eigenvalue weighted by atomic mass is 35.5. The zero-order chi connectivity index (χ0) is 19.8. The van der Waals surface area contributed by atoms with Crippen molar-refractivity contribution in [3.63, 3.8) is 0 Å². The Balaban J connectivity index is 1.86. The van der Waals surface area contributed by atoms with Gasteiger partial charge in [-0.05, 0) is 55.3 Å². The number of amides is 2. The van der Waals surface area contributed by atoms with E-state index in [0.717, 1.165) is 16.9 Å². The monoisotopic (exact) mass is 386 g/mol. The molecule has 0 radical (unpaired) electrons. The van der Waals surface area contributed by atoms with E-state index in [1.165, 1.54) is 6.08 Å². The Morgan fingerprint density at radius 2 is 1.63 bits per heavy atom. The van der Waals surface area contributed by atoms with E-state index in [2.05, 4.69) is 10.6 Å². The van der Waals surface area contributed by atoms with Crippen LogP contribution >= 0.6 is 11.6 Å². The van der Waals surface area contributed by atoms with E-state index in [-0.39, 0.29) is 17.9 Å². The second-order valence-corrected chi connectivity index (χ2v) is 6.56. The molecule has 0 aliphatic carbocycles. The van der Waals surface area contributed by atoms with Crippen LogP contribution in [0.4, 0.5) is 0 Å². The topological polar surface area (TPSA) is 67.4 Å². The summed E-state index contributed by atoms with van der Waals surface area (Å²) in [5, 5.41) is 6.17. The van der Waals surface area contributed by atoms with Crippen LogP contribution in [0.2, 0.25) is 5.02 Å². The molecule has 0 aliphatic rings.